The van der Waals surface area contributed by atoms with E-state index >= 15 is 0 Å². The minimum absolute atomic E-state index is 0.147. The van der Waals surface area contributed by atoms with E-state index in [0.717, 1.165) is 44.2 Å². The Morgan fingerprint density at radius 1 is 1.50 bits per heavy atom. The second-order valence-corrected chi connectivity index (χ2v) is 5.38. The summed E-state index contributed by atoms with van der Waals surface area (Å²) in [5, 5.41) is 0. The SMILES string of the molecule is CCC(C)(C(N)c1ncccc1OC)N1CCOCC1. The van der Waals surface area contributed by atoms with Crippen LogP contribution in [0.3, 0.4) is 0 Å². The van der Waals surface area contributed by atoms with Gasteiger partial charge in [0.25, 0.3) is 0 Å². The molecule has 0 spiro atoms. The lowest BCUT2D eigenvalue weighted by atomic mass is 9.85. The molecule has 0 radical (unpaired) electrons. The number of hydrogen-bond donors (Lipinski definition) is 1. The third kappa shape index (κ3) is 2.80. The molecule has 1 aliphatic rings. The van der Waals surface area contributed by atoms with E-state index in [0.29, 0.717) is 0 Å². The van der Waals surface area contributed by atoms with Crippen molar-refractivity contribution in [1.29, 1.82) is 0 Å². The van der Waals surface area contributed by atoms with Crippen LogP contribution in [0.5, 0.6) is 5.75 Å². The first kappa shape index (κ1) is 15.2. The van der Waals surface area contributed by atoms with Gasteiger partial charge in [-0.25, -0.2) is 0 Å². The Balaban J connectivity index is 2.29. The summed E-state index contributed by atoms with van der Waals surface area (Å²) < 4.78 is 10.9. The Morgan fingerprint density at radius 3 is 2.80 bits per heavy atom. The number of rotatable bonds is 5. The summed E-state index contributed by atoms with van der Waals surface area (Å²) in [7, 11) is 1.66. The quantitative estimate of drug-likeness (QED) is 0.887. The molecule has 2 unspecified atom stereocenters. The zero-order valence-electron chi connectivity index (χ0n) is 12.6. The van der Waals surface area contributed by atoms with Gasteiger partial charge in [-0.15, -0.1) is 0 Å². The summed E-state index contributed by atoms with van der Waals surface area (Å²) in [6.45, 7) is 7.73. The van der Waals surface area contributed by atoms with Crippen molar-refractivity contribution in [3.05, 3.63) is 24.0 Å². The number of methoxy groups -OCH3 is 1. The number of nitrogens with two attached hydrogens (primary N) is 1. The van der Waals surface area contributed by atoms with Gasteiger partial charge in [-0.05, 0) is 25.5 Å². The molecule has 5 heteroatoms. The molecule has 20 heavy (non-hydrogen) atoms. The first-order valence-corrected chi connectivity index (χ1v) is 7.20. The highest BCUT2D eigenvalue weighted by atomic mass is 16.5. The minimum atomic E-state index is -0.193. The molecule has 1 aromatic heterocycles. The van der Waals surface area contributed by atoms with Crippen molar-refractivity contribution >= 4 is 0 Å². The summed E-state index contributed by atoms with van der Waals surface area (Å²) in [5.41, 5.74) is 7.24. The second-order valence-electron chi connectivity index (χ2n) is 5.38. The summed E-state index contributed by atoms with van der Waals surface area (Å²) in [6, 6.07) is 3.59. The van der Waals surface area contributed by atoms with E-state index in [-0.39, 0.29) is 11.6 Å². The van der Waals surface area contributed by atoms with Gasteiger partial charge in [-0.1, -0.05) is 6.92 Å². The first-order valence-electron chi connectivity index (χ1n) is 7.20. The Kier molecular flexibility index (Phi) is 4.96. The average molecular weight is 279 g/mol. The number of nitrogens with zero attached hydrogens (tertiary/aromatic N) is 2. The second kappa shape index (κ2) is 6.52. The Morgan fingerprint density at radius 2 is 2.20 bits per heavy atom. The fourth-order valence-electron chi connectivity index (χ4n) is 2.82. The molecule has 1 saturated heterocycles. The van der Waals surface area contributed by atoms with Gasteiger partial charge in [0.2, 0.25) is 0 Å². The molecule has 0 aliphatic carbocycles. The van der Waals surface area contributed by atoms with Crippen LogP contribution < -0.4 is 10.5 Å². The van der Waals surface area contributed by atoms with Crippen LogP contribution in [0, 0.1) is 0 Å². The van der Waals surface area contributed by atoms with E-state index in [2.05, 4.69) is 23.7 Å². The van der Waals surface area contributed by atoms with Crippen molar-refractivity contribution < 1.29 is 9.47 Å². The molecule has 2 atom stereocenters. The molecule has 2 rings (SSSR count). The van der Waals surface area contributed by atoms with Crippen LogP contribution in [0.4, 0.5) is 0 Å². The molecule has 112 valence electrons. The predicted octanol–water partition coefficient (Wildman–Crippen LogP) is 1.59. The van der Waals surface area contributed by atoms with Crippen molar-refractivity contribution in [2.75, 3.05) is 33.4 Å². The molecule has 1 aromatic rings. The van der Waals surface area contributed by atoms with Gasteiger partial charge in [0.1, 0.15) is 11.4 Å². The lowest BCUT2D eigenvalue weighted by molar-refractivity contribution is -0.0285. The van der Waals surface area contributed by atoms with Crippen molar-refractivity contribution in [3.63, 3.8) is 0 Å². The molecule has 0 saturated carbocycles. The van der Waals surface area contributed by atoms with Crippen LogP contribution in [0.15, 0.2) is 18.3 Å². The molecule has 5 nitrogen and oxygen atoms in total. The minimum Gasteiger partial charge on any atom is -0.495 e. The third-order valence-electron chi connectivity index (χ3n) is 4.43. The van der Waals surface area contributed by atoms with Crippen molar-refractivity contribution in [1.82, 2.24) is 9.88 Å². The van der Waals surface area contributed by atoms with Crippen LogP contribution >= 0.6 is 0 Å². The van der Waals surface area contributed by atoms with Crippen LogP contribution in [0.1, 0.15) is 32.0 Å². The lowest BCUT2D eigenvalue weighted by Gasteiger charge is -2.46. The van der Waals surface area contributed by atoms with Crippen molar-refractivity contribution in [3.8, 4) is 5.75 Å². The number of ether oxygens (including phenoxy) is 2. The maximum atomic E-state index is 6.57. The lowest BCUT2D eigenvalue weighted by Crippen LogP contribution is -2.56. The maximum absolute atomic E-state index is 6.57. The number of morpholine rings is 1. The van der Waals surface area contributed by atoms with E-state index in [1.54, 1.807) is 13.3 Å². The summed E-state index contributed by atoms with van der Waals surface area (Å²) in [6.07, 6.45) is 2.72. The van der Waals surface area contributed by atoms with Gasteiger partial charge in [0, 0.05) is 24.8 Å². The fraction of sp³-hybridized carbons (Fsp3) is 0.667. The Labute approximate surface area is 121 Å². The summed E-state index contributed by atoms with van der Waals surface area (Å²) in [4.78, 5) is 6.86. The molecule has 1 fully saturated rings. The largest absolute Gasteiger partial charge is 0.495 e. The van der Waals surface area contributed by atoms with Gasteiger partial charge < -0.3 is 15.2 Å². The van der Waals surface area contributed by atoms with Crippen LogP contribution in [-0.4, -0.2) is 48.8 Å². The van der Waals surface area contributed by atoms with Crippen LogP contribution in [0.2, 0.25) is 0 Å². The van der Waals surface area contributed by atoms with E-state index < -0.39 is 0 Å². The van der Waals surface area contributed by atoms with Gasteiger partial charge in [-0.3, -0.25) is 9.88 Å². The molecule has 2 N–H and O–H groups in total. The van der Waals surface area contributed by atoms with E-state index in [1.165, 1.54) is 0 Å². The monoisotopic (exact) mass is 279 g/mol. The third-order valence-corrected chi connectivity index (χ3v) is 4.43. The number of aromatic nitrogens is 1. The molecule has 2 heterocycles. The highest BCUT2D eigenvalue weighted by Gasteiger charge is 2.39. The van der Waals surface area contributed by atoms with Gasteiger partial charge >= 0.3 is 0 Å². The van der Waals surface area contributed by atoms with Crippen LogP contribution in [-0.2, 0) is 4.74 Å². The molecule has 0 amide bonds. The number of pyridine rings is 1. The zero-order valence-corrected chi connectivity index (χ0v) is 12.6. The first-order chi connectivity index (χ1) is 9.63. The van der Waals surface area contributed by atoms with Gasteiger partial charge in [-0.2, -0.15) is 0 Å². The number of hydrogen-bond acceptors (Lipinski definition) is 5. The van der Waals surface area contributed by atoms with Gasteiger partial charge in [0.05, 0.1) is 26.4 Å². The zero-order chi connectivity index (χ0) is 14.6. The summed E-state index contributed by atoms with van der Waals surface area (Å²) in [5.74, 6) is 0.757. The smallest absolute Gasteiger partial charge is 0.142 e. The van der Waals surface area contributed by atoms with Crippen molar-refractivity contribution in [2.24, 2.45) is 5.73 Å². The normalized spacial score (nSPS) is 21.2. The Hall–Kier alpha value is -1.17. The van der Waals surface area contributed by atoms with Crippen LogP contribution in [0.25, 0.3) is 0 Å². The Bertz CT molecular complexity index is 435. The van der Waals surface area contributed by atoms with E-state index in [9.17, 15) is 0 Å². The maximum Gasteiger partial charge on any atom is 0.142 e. The fourth-order valence-corrected chi connectivity index (χ4v) is 2.82. The molecular formula is C15H25N3O2. The summed E-state index contributed by atoms with van der Waals surface area (Å²) >= 11 is 0. The van der Waals surface area contributed by atoms with Crippen molar-refractivity contribution in [2.45, 2.75) is 31.8 Å². The standard InChI is InChI=1S/C15H25N3O2/c1-4-15(2,18-8-10-20-11-9-18)14(16)13-12(19-3)6-5-7-17-13/h5-7,14H,4,8-11,16H2,1-3H3. The van der Waals surface area contributed by atoms with E-state index in [4.69, 9.17) is 15.2 Å². The highest BCUT2D eigenvalue weighted by Crippen LogP contribution is 2.35. The highest BCUT2D eigenvalue weighted by molar-refractivity contribution is 5.31. The average Bonchev–Trinajstić information content (AvgIpc) is 2.54. The topological polar surface area (TPSA) is 60.6 Å². The predicted molar refractivity (Wildman–Crippen MR) is 78.8 cm³/mol. The molecule has 0 aromatic carbocycles. The molecular weight excluding hydrogens is 254 g/mol. The molecule has 0 bridgehead atoms. The molecule has 1 aliphatic heterocycles. The van der Waals surface area contributed by atoms with E-state index in [1.807, 2.05) is 12.1 Å². The van der Waals surface area contributed by atoms with Gasteiger partial charge in [0.15, 0.2) is 0 Å².